The molecule has 1 unspecified atom stereocenters. The van der Waals surface area contributed by atoms with Gasteiger partial charge in [-0.2, -0.15) is 0 Å². The van der Waals surface area contributed by atoms with Crippen molar-refractivity contribution >= 4 is 16.5 Å². The summed E-state index contributed by atoms with van der Waals surface area (Å²) in [6.07, 6.45) is 0.931. The van der Waals surface area contributed by atoms with Crippen molar-refractivity contribution in [1.29, 1.82) is 0 Å². The van der Waals surface area contributed by atoms with Crippen LogP contribution in [0.25, 0.3) is 0 Å². The second-order valence-corrected chi connectivity index (χ2v) is 6.28. The monoisotopic (exact) mass is 334 g/mol. The molecule has 0 N–H and O–H groups in total. The number of hydrogen-bond donors (Lipinski definition) is 0. The van der Waals surface area contributed by atoms with E-state index in [-0.39, 0.29) is 6.10 Å². The number of rotatable bonds is 6. The van der Waals surface area contributed by atoms with Gasteiger partial charge in [0.05, 0.1) is 32.6 Å². The van der Waals surface area contributed by atoms with Gasteiger partial charge in [-0.1, -0.05) is 12.1 Å². The largest absolute Gasteiger partial charge is 0.497 e. The molecule has 1 atom stereocenters. The van der Waals surface area contributed by atoms with Crippen LogP contribution in [-0.2, 0) is 15.9 Å². The molecule has 0 saturated carbocycles. The lowest BCUT2D eigenvalue weighted by atomic mass is 10.1. The predicted octanol–water partition coefficient (Wildman–Crippen LogP) is 2.92. The van der Waals surface area contributed by atoms with E-state index in [4.69, 9.17) is 19.2 Å². The first kappa shape index (κ1) is 16.2. The third kappa shape index (κ3) is 4.02. The predicted molar refractivity (Wildman–Crippen MR) is 91.6 cm³/mol. The smallest absolute Gasteiger partial charge is 0.185 e. The number of nitrogens with zero attached hydrogens (tertiary/aromatic N) is 2. The van der Waals surface area contributed by atoms with Crippen LogP contribution in [0.15, 0.2) is 29.6 Å². The van der Waals surface area contributed by atoms with E-state index in [1.807, 2.05) is 12.1 Å². The van der Waals surface area contributed by atoms with Crippen LogP contribution >= 0.6 is 11.3 Å². The van der Waals surface area contributed by atoms with Crippen LogP contribution in [0.3, 0.4) is 0 Å². The molecule has 1 fully saturated rings. The second-order valence-electron chi connectivity index (χ2n) is 5.44. The molecule has 23 heavy (non-hydrogen) atoms. The summed E-state index contributed by atoms with van der Waals surface area (Å²) in [4.78, 5) is 7.02. The highest BCUT2D eigenvalue weighted by atomic mass is 32.1. The fraction of sp³-hybridized carbons (Fsp3) is 0.471. The van der Waals surface area contributed by atoms with E-state index in [1.54, 1.807) is 25.6 Å². The number of hydrogen-bond acceptors (Lipinski definition) is 6. The first-order valence-corrected chi connectivity index (χ1v) is 8.62. The standard InChI is InChI=1S/C17H22N2O3S/c1-20-9-7-14-12-23-17(18-14)19-8-10-22-16(11-19)13-3-5-15(21-2)6-4-13/h3-6,12,16H,7-11H2,1-2H3. The normalized spacial score (nSPS) is 18.2. The molecular formula is C17H22N2O3S. The number of benzene rings is 1. The third-order valence-electron chi connectivity index (χ3n) is 3.93. The lowest BCUT2D eigenvalue weighted by molar-refractivity contribution is 0.0397. The van der Waals surface area contributed by atoms with Gasteiger partial charge in [-0.15, -0.1) is 11.3 Å². The summed E-state index contributed by atoms with van der Waals surface area (Å²) in [7, 11) is 3.40. The van der Waals surface area contributed by atoms with Crippen molar-refractivity contribution < 1.29 is 14.2 Å². The maximum absolute atomic E-state index is 5.94. The number of thiazole rings is 1. The van der Waals surface area contributed by atoms with Gasteiger partial charge in [-0.25, -0.2) is 4.98 Å². The average molecular weight is 334 g/mol. The SMILES string of the molecule is COCCc1csc(N2CCOC(c3ccc(OC)cc3)C2)n1. The highest BCUT2D eigenvalue weighted by molar-refractivity contribution is 7.13. The van der Waals surface area contributed by atoms with Crippen LogP contribution in [0, 0.1) is 0 Å². The maximum atomic E-state index is 5.94. The number of ether oxygens (including phenoxy) is 3. The van der Waals surface area contributed by atoms with Gasteiger partial charge < -0.3 is 19.1 Å². The first-order chi connectivity index (χ1) is 11.3. The third-order valence-corrected chi connectivity index (χ3v) is 4.88. The van der Waals surface area contributed by atoms with Crippen molar-refractivity contribution in [2.75, 3.05) is 45.4 Å². The minimum Gasteiger partial charge on any atom is -0.497 e. The zero-order chi connectivity index (χ0) is 16.1. The van der Waals surface area contributed by atoms with Crippen LogP contribution in [-0.4, -0.2) is 45.5 Å². The van der Waals surface area contributed by atoms with E-state index in [0.29, 0.717) is 13.2 Å². The van der Waals surface area contributed by atoms with Crippen LogP contribution in [0.2, 0.25) is 0 Å². The molecule has 0 bridgehead atoms. The Labute approximate surface area is 140 Å². The molecule has 1 aliphatic rings. The summed E-state index contributed by atoms with van der Waals surface area (Å²) in [6, 6.07) is 8.09. The van der Waals surface area contributed by atoms with Gasteiger partial charge in [0.25, 0.3) is 0 Å². The van der Waals surface area contributed by atoms with E-state index >= 15 is 0 Å². The van der Waals surface area contributed by atoms with E-state index in [9.17, 15) is 0 Å². The quantitative estimate of drug-likeness (QED) is 0.813. The Morgan fingerprint density at radius 3 is 2.87 bits per heavy atom. The molecule has 2 heterocycles. The summed E-state index contributed by atoms with van der Waals surface area (Å²) in [5, 5.41) is 3.18. The van der Waals surface area contributed by atoms with Crippen LogP contribution in [0.5, 0.6) is 5.75 Å². The lowest BCUT2D eigenvalue weighted by Gasteiger charge is -2.33. The molecule has 0 radical (unpaired) electrons. The molecular weight excluding hydrogens is 312 g/mol. The average Bonchev–Trinajstić information content (AvgIpc) is 3.09. The molecule has 0 aliphatic carbocycles. The minimum absolute atomic E-state index is 0.0704. The van der Waals surface area contributed by atoms with Gasteiger partial charge in [0.15, 0.2) is 5.13 Å². The number of anilines is 1. The molecule has 0 amide bonds. The van der Waals surface area contributed by atoms with Crippen molar-refractivity contribution in [2.24, 2.45) is 0 Å². The van der Waals surface area contributed by atoms with Crippen molar-refractivity contribution in [2.45, 2.75) is 12.5 Å². The first-order valence-electron chi connectivity index (χ1n) is 7.74. The van der Waals surface area contributed by atoms with Crippen LogP contribution in [0.1, 0.15) is 17.4 Å². The Bertz CT molecular complexity index is 615. The zero-order valence-electron chi connectivity index (χ0n) is 13.5. The van der Waals surface area contributed by atoms with Gasteiger partial charge in [-0.05, 0) is 17.7 Å². The van der Waals surface area contributed by atoms with Crippen molar-refractivity contribution in [3.05, 3.63) is 40.9 Å². The molecule has 3 rings (SSSR count). The Hall–Kier alpha value is -1.63. The molecule has 124 valence electrons. The maximum Gasteiger partial charge on any atom is 0.185 e. The summed E-state index contributed by atoms with van der Waals surface area (Å²) in [5.41, 5.74) is 2.27. The molecule has 0 spiro atoms. The number of morpholine rings is 1. The number of methoxy groups -OCH3 is 2. The molecule has 5 nitrogen and oxygen atoms in total. The number of aromatic nitrogens is 1. The Morgan fingerprint density at radius 1 is 1.30 bits per heavy atom. The zero-order valence-corrected chi connectivity index (χ0v) is 14.3. The van der Waals surface area contributed by atoms with Gasteiger partial charge in [-0.3, -0.25) is 0 Å². The molecule has 1 aliphatic heterocycles. The van der Waals surface area contributed by atoms with Gasteiger partial charge in [0.2, 0.25) is 0 Å². The van der Waals surface area contributed by atoms with Gasteiger partial charge in [0.1, 0.15) is 11.9 Å². The molecule has 6 heteroatoms. The van der Waals surface area contributed by atoms with Crippen LogP contribution in [0.4, 0.5) is 5.13 Å². The van der Waals surface area contributed by atoms with Gasteiger partial charge >= 0.3 is 0 Å². The van der Waals surface area contributed by atoms with Crippen molar-refractivity contribution in [3.8, 4) is 5.75 Å². The molecule has 2 aromatic rings. The molecule has 1 aromatic carbocycles. The molecule has 1 saturated heterocycles. The summed E-state index contributed by atoms with van der Waals surface area (Å²) in [6.45, 7) is 3.12. The minimum atomic E-state index is 0.0704. The molecule has 1 aromatic heterocycles. The van der Waals surface area contributed by atoms with E-state index in [0.717, 1.165) is 36.1 Å². The van der Waals surface area contributed by atoms with E-state index in [2.05, 4.69) is 22.4 Å². The highest BCUT2D eigenvalue weighted by Crippen LogP contribution is 2.29. The highest BCUT2D eigenvalue weighted by Gasteiger charge is 2.24. The Morgan fingerprint density at radius 2 is 2.13 bits per heavy atom. The fourth-order valence-electron chi connectivity index (χ4n) is 2.61. The Kier molecular flexibility index (Phi) is 5.48. The van der Waals surface area contributed by atoms with Crippen molar-refractivity contribution in [3.63, 3.8) is 0 Å². The summed E-state index contributed by atoms with van der Waals surface area (Å²) in [5.74, 6) is 0.865. The van der Waals surface area contributed by atoms with Gasteiger partial charge in [0, 0.05) is 25.5 Å². The fourth-order valence-corrected chi connectivity index (χ4v) is 3.50. The Balaban J connectivity index is 1.66. The second kappa shape index (κ2) is 7.77. The topological polar surface area (TPSA) is 43.8 Å². The summed E-state index contributed by atoms with van der Waals surface area (Å²) >= 11 is 1.69. The van der Waals surface area contributed by atoms with Crippen molar-refractivity contribution in [1.82, 2.24) is 4.98 Å². The summed E-state index contributed by atoms with van der Waals surface area (Å²) < 4.78 is 16.3. The van der Waals surface area contributed by atoms with E-state index < -0.39 is 0 Å². The van der Waals surface area contributed by atoms with E-state index in [1.165, 1.54) is 5.56 Å². The van der Waals surface area contributed by atoms with Crippen LogP contribution < -0.4 is 9.64 Å². The lowest BCUT2D eigenvalue weighted by Crippen LogP contribution is -2.38.